The van der Waals surface area contributed by atoms with Gasteiger partial charge in [-0.2, -0.15) is 0 Å². The van der Waals surface area contributed by atoms with Crippen LogP contribution in [0, 0.1) is 20.8 Å². The fourth-order valence-electron chi connectivity index (χ4n) is 4.90. The highest BCUT2D eigenvalue weighted by molar-refractivity contribution is 6.31. The van der Waals surface area contributed by atoms with E-state index in [0.29, 0.717) is 5.75 Å². The van der Waals surface area contributed by atoms with E-state index in [9.17, 15) is 5.11 Å². The smallest absolute Gasteiger partial charge is 0.127 e. The molecule has 1 unspecified atom stereocenters. The fraction of sp³-hybridized carbons (Fsp3) is 0.538. The van der Waals surface area contributed by atoms with Crippen molar-refractivity contribution in [2.45, 2.75) is 59.1 Å². The lowest BCUT2D eigenvalue weighted by Crippen LogP contribution is -2.48. The lowest BCUT2D eigenvalue weighted by atomic mass is 9.85. The molecule has 2 aromatic rings. The molecule has 1 atom stereocenters. The Kier molecular flexibility index (Phi) is 6.52. The SMILES string of the molecule is Cc1c(C)c2c(c(C)c1O)CCC(C)(CCN1CCN(Cc3ccccc3Cl)CC1)O2. The first kappa shape index (κ1) is 22.4. The van der Waals surface area contributed by atoms with Crippen molar-refractivity contribution in [3.8, 4) is 11.5 Å². The highest BCUT2D eigenvalue weighted by atomic mass is 35.5. The summed E-state index contributed by atoms with van der Waals surface area (Å²) in [6, 6.07) is 8.15. The Morgan fingerprint density at radius 2 is 1.68 bits per heavy atom. The van der Waals surface area contributed by atoms with Crippen molar-refractivity contribution in [1.29, 1.82) is 0 Å². The molecule has 0 aliphatic carbocycles. The molecule has 1 fully saturated rings. The Morgan fingerprint density at radius 3 is 2.39 bits per heavy atom. The quantitative estimate of drug-likeness (QED) is 0.684. The van der Waals surface area contributed by atoms with Gasteiger partial charge in [-0.1, -0.05) is 29.8 Å². The summed E-state index contributed by atoms with van der Waals surface area (Å²) >= 11 is 6.33. The summed E-state index contributed by atoms with van der Waals surface area (Å²) in [7, 11) is 0. The maximum Gasteiger partial charge on any atom is 0.127 e. The van der Waals surface area contributed by atoms with Crippen LogP contribution in [0.4, 0.5) is 0 Å². The van der Waals surface area contributed by atoms with Gasteiger partial charge in [0.25, 0.3) is 0 Å². The second kappa shape index (κ2) is 9.01. The molecule has 31 heavy (non-hydrogen) atoms. The molecule has 0 saturated carbocycles. The third kappa shape index (κ3) is 4.72. The summed E-state index contributed by atoms with van der Waals surface area (Å²) in [5.41, 5.74) is 5.25. The van der Waals surface area contributed by atoms with Gasteiger partial charge in [0.2, 0.25) is 0 Å². The first-order valence-electron chi connectivity index (χ1n) is 11.5. The monoisotopic (exact) mass is 442 g/mol. The number of ether oxygens (including phenoxy) is 1. The van der Waals surface area contributed by atoms with E-state index in [0.717, 1.165) is 86.0 Å². The van der Waals surface area contributed by atoms with Crippen LogP contribution >= 0.6 is 11.6 Å². The maximum absolute atomic E-state index is 10.4. The Hall–Kier alpha value is -1.75. The van der Waals surface area contributed by atoms with E-state index in [1.54, 1.807) is 0 Å². The molecule has 2 aliphatic rings. The van der Waals surface area contributed by atoms with Crippen LogP contribution in [0.1, 0.15) is 47.6 Å². The zero-order valence-corrected chi connectivity index (χ0v) is 20.1. The number of benzene rings is 2. The number of halogens is 1. The predicted molar refractivity (Wildman–Crippen MR) is 127 cm³/mol. The van der Waals surface area contributed by atoms with Gasteiger partial charge in [-0.05, 0) is 75.3 Å². The molecule has 0 amide bonds. The number of rotatable bonds is 5. The van der Waals surface area contributed by atoms with Gasteiger partial charge >= 0.3 is 0 Å². The number of phenolic OH excluding ortho intramolecular Hbond substituents is 1. The average Bonchev–Trinajstić information content (AvgIpc) is 2.77. The Bertz CT molecular complexity index is 953. The minimum atomic E-state index is -0.150. The molecule has 1 N–H and O–H groups in total. The first-order chi connectivity index (χ1) is 14.8. The zero-order valence-electron chi connectivity index (χ0n) is 19.3. The maximum atomic E-state index is 10.4. The second-order valence-corrected chi connectivity index (χ2v) is 9.95. The summed E-state index contributed by atoms with van der Waals surface area (Å²) < 4.78 is 6.61. The molecular formula is C26H35ClN2O2. The second-order valence-electron chi connectivity index (χ2n) is 9.54. The van der Waals surface area contributed by atoms with Gasteiger partial charge in [-0.25, -0.2) is 0 Å². The number of piperazine rings is 1. The van der Waals surface area contributed by atoms with Gasteiger partial charge in [0.15, 0.2) is 0 Å². The van der Waals surface area contributed by atoms with Crippen molar-refractivity contribution in [2.24, 2.45) is 0 Å². The Balaban J connectivity index is 1.32. The van der Waals surface area contributed by atoms with Crippen molar-refractivity contribution in [3.63, 3.8) is 0 Å². The summed E-state index contributed by atoms with van der Waals surface area (Å²) in [5.74, 6) is 1.43. The van der Waals surface area contributed by atoms with Crippen molar-refractivity contribution < 1.29 is 9.84 Å². The molecule has 0 aromatic heterocycles. The topological polar surface area (TPSA) is 35.9 Å². The lowest BCUT2D eigenvalue weighted by molar-refractivity contribution is 0.0351. The van der Waals surface area contributed by atoms with E-state index < -0.39 is 0 Å². The van der Waals surface area contributed by atoms with Crippen molar-refractivity contribution in [1.82, 2.24) is 9.80 Å². The van der Waals surface area contributed by atoms with Crippen LogP contribution in [0.25, 0.3) is 0 Å². The van der Waals surface area contributed by atoms with Crippen LogP contribution in [0.2, 0.25) is 5.02 Å². The van der Waals surface area contributed by atoms with Crippen LogP contribution in [0.15, 0.2) is 24.3 Å². The Morgan fingerprint density at radius 1 is 1.00 bits per heavy atom. The van der Waals surface area contributed by atoms with Crippen LogP contribution in [0.5, 0.6) is 11.5 Å². The van der Waals surface area contributed by atoms with E-state index in [1.807, 2.05) is 26.0 Å². The molecule has 0 radical (unpaired) electrons. The minimum Gasteiger partial charge on any atom is -0.507 e. The number of fused-ring (bicyclic) bond motifs is 1. The zero-order chi connectivity index (χ0) is 22.2. The van der Waals surface area contributed by atoms with Gasteiger partial charge in [0.05, 0.1) is 0 Å². The fourth-order valence-corrected chi connectivity index (χ4v) is 5.10. The highest BCUT2D eigenvalue weighted by Gasteiger charge is 2.35. The molecule has 1 saturated heterocycles. The van der Waals surface area contributed by atoms with Gasteiger partial charge < -0.3 is 14.7 Å². The molecule has 168 valence electrons. The van der Waals surface area contributed by atoms with E-state index in [2.05, 4.69) is 35.8 Å². The number of nitrogens with zero attached hydrogens (tertiary/aromatic N) is 2. The highest BCUT2D eigenvalue weighted by Crippen LogP contribution is 2.44. The number of hydrogen-bond acceptors (Lipinski definition) is 4. The van der Waals surface area contributed by atoms with Crippen LogP contribution in [-0.4, -0.2) is 53.2 Å². The van der Waals surface area contributed by atoms with Crippen LogP contribution in [0.3, 0.4) is 0 Å². The lowest BCUT2D eigenvalue weighted by Gasteiger charge is -2.40. The summed E-state index contributed by atoms with van der Waals surface area (Å²) in [5, 5.41) is 11.3. The molecule has 5 heteroatoms. The number of phenols is 1. The molecule has 0 spiro atoms. The standard InChI is InChI=1S/C26H35ClN2O2/c1-18-19(2)25-22(20(3)24(18)30)9-10-26(4,31-25)11-12-28-13-15-29(16-14-28)17-21-7-5-6-8-23(21)27/h5-8,30H,9-17H2,1-4H3. The molecule has 0 bridgehead atoms. The van der Waals surface area contributed by atoms with Gasteiger partial charge in [-0.3, -0.25) is 4.90 Å². The summed E-state index contributed by atoms with van der Waals surface area (Å²) in [4.78, 5) is 5.06. The normalized spacial score (nSPS) is 22.2. The van der Waals surface area contributed by atoms with E-state index in [4.69, 9.17) is 16.3 Å². The largest absolute Gasteiger partial charge is 0.507 e. The third-order valence-electron chi connectivity index (χ3n) is 7.37. The van der Waals surface area contributed by atoms with Crippen molar-refractivity contribution in [2.75, 3.05) is 32.7 Å². The van der Waals surface area contributed by atoms with Crippen LogP contribution in [-0.2, 0) is 13.0 Å². The van der Waals surface area contributed by atoms with Crippen molar-refractivity contribution in [3.05, 3.63) is 57.1 Å². The van der Waals surface area contributed by atoms with E-state index in [1.165, 1.54) is 11.1 Å². The molecule has 4 rings (SSSR count). The van der Waals surface area contributed by atoms with E-state index in [-0.39, 0.29) is 5.60 Å². The van der Waals surface area contributed by atoms with Gasteiger partial charge in [0.1, 0.15) is 17.1 Å². The van der Waals surface area contributed by atoms with Gasteiger partial charge in [0, 0.05) is 49.9 Å². The predicted octanol–water partition coefficient (Wildman–Crippen LogP) is 5.26. The third-order valence-corrected chi connectivity index (χ3v) is 7.73. The van der Waals surface area contributed by atoms with E-state index >= 15 is 0 Å². The Labute approximate surface area is 191 Å². The minimum absolute atomic E-state index is 0.150. The molecular weight excluding hydrogens is 408 g/mol. The summed E-state index contributed by atoms with van der Waals surface area (Å²) in [6.07, 6.45) is 2.99. The van der Waals surface area contributed by atoms with Gasteiger partial charge in [-0.15, -0.1) is 0 Å². The molecule has 4 nitrogen and oxygen atoms in total. The molecule has 2 heterocycles. The summed E-state index contributed by atoms with van der Waals surface area (Å²) in [6.45, 7) is 14.6. The molecule has 2 aromatic carbocycles. The average molecular weight is 443 g/mol. The number of aromatic hydroxyl groups is 1. The number of hydrogen-bond donors (Lipinski definition) is 1. The van der Waals surface area contributed by atoms with Crippen molar-refractivity contribution >= 4 is 11.6 Å². The molecule has 2 aliphatic heterocycles. The first-order valence-corrected chi connectivity index (χ1v) is 11.8. The van der Waals surface area contributed by atoms with Crippen LogP contribution < -0.4 is 4.74 Å².